The van der Waals surface area contributed by atoms with E-state index in [-0.39, 0.29) is 29.6 Å². The number of benzene rings is 2. The Hall–Kier alpha value is -3.55. The first-order valence-electron chi connectivity index (χ1n) is 9.62. The first-order valence-corrected chi connectivity index (χ1v) is 11.2. The molecule has 3 rings (SSSR count). The SMILES string of the molecule is CCN(CCC#N)C(=O)c1nc(Cc2ccccc2)n(-c2ccc(S(N)(=O)=O)cc2)n1. The van der Waals surface area contributed by atoms with Crippen LogP contribution in [0.5, 0.6) is 0 Å². The molecule has 2 N–H and O–H groups in total. The van der Waals surface area contributed by atoms with Crippen LogP contribution in [0.2, 0.25) is 0 Å². The lowest BCUT2D eigenvalue weighted by molar-refractivity contribution is 0.0755. The Morgan fingerprint density at radius 1 is 1.16 bits per heavy atom. The van der Waals surface area contributed by atoms with Gasteiger partial charge in [0.15, 0.2) is 0 Å². The molecule has 0 unspecified atom stereocenters. The molecule has 10 heteroatoms. The molecular formula is C21H22N6O3S. The summed E-state index contributed by atoms with van der Waals surface area (Å²) in [7, 11) is -3.82. The topological polar surface area (TPSA) is 135 Å². The molecule has 2 aromatic carbocycles. The van der Waals surface area contributed by atoms with E-state index >= 15 is 0 Å². The first-order chi connectivity index (χ1) is 14.8. The molecule has 0 atom stereocenters. The molecule has 0 fully saturated rings. The lowest BCUT2D eigenvalue weighted by Crippen LogP contribution is -2.32. The van der Waals surface area contributed by atoms with E-state index in [0.29, 0.717) is 24.5 Å². The summed E-state index contributed by atoms with van der Waals surface area (Å²) in [5, 5.41) is 18.4. The van der Waals surface area contributed by atoms with E-state index in [1.54, 1.807) is 12.1 Å². The predicted octanol–water partition coefficient (Wildman–Crippen LogP) is 1.88. The number of nitrogens with two attached hydrogens (primary N) is 1. The highest BCUT2D eigenvalue weighted by molar-refractivity contribution is 7.89. The first kappa shape index (κ1) is 22.1. The van der Waals surface area contributed by atoms with Gasteiger partial charge in [-0.3, -0.25) is 4.79 Å². The third-order valence-corrected chi connectivity index (χ3v) is 5.57. The van der Waals surface area contributed by atoms with Gasteiger partial charge in [0.2, 0.25) is 15.8 Å². The molecule has 0 saturated carbocycles. The highest BCUT2D eigenvalue weighted by atomic mass is 32.2. The van der Waals surface area contributed by atoms with Crippen LogP contribution in [0.15, 0.2) is 59.5 Å². The third kappa shape index (κ3) is 5.33. The van der Waals surface area contributed by atoms with E-state index in [2.05, 4.69) is 10.1 Å². The highest BCUT2D eigenvalue weighted by Crippen LogP contribution is 2.17. The highest BCUT2D eigenvalue weighted by Gasteiger charge is 2.22. The van der Waals surface area contributed by atoms with E-state index in [9.17, 15) is 13.2 Å². The molecule has 0 aliphatic heterocycles. The molecule has 1 heterocycles. The van der Waals surface area contributed by atoms with E-state index < -0.39 is 10.0 Å². The van der Waals surface area contributed by atoms with Gasteiger partial charge >= 0.3 is 0 Å². The van der Waals surface area contributed by atoms with Crippen molar-refractivity contribution >= 4 is 15.9 Å². The van der Waals surface area contributed by atoms with Gasteiger partial charge in [0.05, 0.1) is 23.1 Å². The van der Waals surface area contributed by atoms with Crippen LogP contribution in [0.25, 0.3) is 5.69 Å². The summed E-state index contributed by atoms with van der Waals surface area (Å²) in [6, 6.07) is 17.5. The number of nitriles is 1. The molecule has 9 nitrogen and oxygen atoms in total. The number of sulfonamides is 1. The Labute approximate surface area is 180 Å². The maximum atomic E-state index is 12.9. The second kappa shape index (κ2) is 9.51. The minimum Gasteiger partial charge on any atom is -0.335 e. The average molecular weight is 439 g/mol. The summed E-state index contributed by atoms with van der Waals surface area (Å²) < 4.78 is 24.6. The van der Waals surface area contributed by atoms with Crippen LogP contribution in [-0.4, -0.2) is 47.1 Å². The number of hydrogen-bond acceptors (Lipinski definition) is 6. The standard InChI is InChI=1S/C21H22N6O3S/c1-2-26(14-6-13-22)21(28)20-24-19(15-16-7-4-3-5-8-16)27(25-20)17-9-11-18(12-10-17)31(23,29)30/h3-5,7-12H,2,6,14-15H2,1H3,(H2,23,29,30). The van der Waals surface area contributed by atoms with Crippen molar-refractivity contribution in [3.8, 4) is 11.8 Å². The van der Waals surface area contributed by atoms with Crippen LogP contribution in [0.1, 0.15) is 35.4 Å². The fourth-order valence-corrected chi connectivity index (χ4v) is 3.56. The van der Waals surface area contributed by atoms with Gasteiger partial charge in [0, 0.05) is 19.5 Å². The predicted molar refractivity (Wildman–Crippen MR) is 114 cm³/mol. The summed E-state index contributed by atoms with van der Waals surface area (Å²) >= 11 is 0. The monoisotopic (exact) mass is 438 g/mol. The minimum atomic E-state index is -3.82. The molecule has 160 valence electrons. The van der Waals surface area contributed by atoms with Crippen LogP contribution in [0, 0.1) is 11.3 Å². The van der Waals surface area contributed by atoms with E-state index in [1.807, 2.05) is 43.3 Å². The number of nitrogens with zero attached hydrogens (tertiary/aromatic N) is 5. The summed E-state index contributed by atoms with van der Waals surface area (Å²) in [6.45, 7) is 2.53. The molecule has 3 aromatic rings. The molecule has 0 aliphatic rings. The van der Waals surface area contributed by atoms with Gasteiger partial charge in [-0.15, -0.1) is 5.10 Å². The zero-order valence-corrected chi connectivity index (χ0v) is 17.8. The number of carbonyl (C=O) groups excluding carboxylic acids is 1. The van der Waals surface area contributed by atoms with Crippen molar-refractivity contribution in [2.45, 2.75) is 24.7 Å². The van der Waals surface area contributed by atoms with Crippen molar-refractivity contribution in [3.63, 3.8) is 0 Å². The number of aromatic nitrogens is 3. The molecule has 0 aliphatic carbocycles. The Balaban J connectivity index is 2.02. The van der Waals surface area contributed by atoms with E-state index in [0.717, 1.165) is 5.56 Å². The molecule has 31 heavy (non-hydrogen) atoms. The lowest BCUT2D eigenvalue weighted by Gasteiger charge is -2.17. The number of primary sulfonamides is 1. The summed E-state index contributed by atoms with van der Waals surface area (Å²) in [4.78, 5) is 18.9. The van der Waals surface area contributed by atoms with Crippen LogP contribution in [0.3, 0.4) is 0 Å². The zero-order chi connectivity index (χ0) is 22.4. The molecule has 0 saturated heterocycles. The van der Waals surface area contributed by atoms with Gasteiger partial charge in [0.1, 0.15) is 5.82 Å². The number of rotatable bonds is 8. The van der Waals surface area contributed by atoms with Crippen molar-refractivity contribution in [1.29, 1.82) is 5.26 Å². The number of amides is 1. The third-order valence-electron chi connectivity index (χ3n) is 4.64. The Kier molecular flexibility index (Phi) is 6.79. The van der Waals surface area contributed by atoms with Gasteiger partial charge in [-0.2, -0.15) is 5.26 Å². The van der Waals surface area contributed by atoms with Crippen molar-refractivity contribution in [2.75, 3.05) is 13.1 Å². The van der Waals surface area contributed by atoms with Crippen LogP contribution in [-0.2, 0) is 16.4 Å². The van der Waals surface area contributed by atoms with Crippen LogP contribution in [0.4, 0.5) is 0 Å². The van der Waals surface area contributed by atoms with Crippen molar-refractivity contribution in [1.82, 2.24) is 19.7 Å². The number of carbonyl (C=O) groups is 1. The summed E-state index contributed by atoms with van der Waals surface area (Å²) in [5.74, 6) is 0.169. The Morgan fingerprint density at radius 2 is 1.84 bits per heavy atom. The largest absolute Gasteiger partial charge is 0.335 e. The quantitative estimate of drug-likeness (QED) is 0.570. The zero-order valence-electron chi connectivity index (χ0n) is 17.0. The van der Waals surface area contributed by atoms with Crippen LogP contribution < -0.4 is 5.14 Å². The van der Waals surface area contributed by atoms with Crippen LogP contribution >= 0.6 is 0 Å². The summed E-state index contributed by atoms with van der Waals surface area (Å²) in [5.41, 5.74) is 1.53. The fourth-order valence-electron chi connectivity index (χ4n) is 3.04. The second-order valence-electron chi connectivity index (χ2n) is 6.76. The number of hydrogen-bond donors (Lipinski definition) is 1. The average Bonchev–Trinajstić information content (AvgIpc) is 3.18. The van der Waals surface area contributed by atoms with E-state index in [1.165, 1.54) is 21.7 Å². The maximum absolute atomic E-state index is 12.9. The van der Waals surface area contributed by atoms with Crippen molar-refractivity contribution in [3.05, 3.63) is 71.8 Å². The summed E-state index contributed by atoms with van der Waals surface area (Å²) in [6.07, 6.45) is 0.633. The normalized spacial score (nSPS) is 11.1. The second-order valence-corrected chi connectivity index (χ2v) is 8.32. The molecule has 0 bridgehead atoms. The Morgan fingerprint density at radius 3 is 2.42 bits per heavy atom. The van der Waals surface area contributed by atoms with Gasteiger partial charge in [-0.05, 0) is 36.8 Å². The van der Waals surface area contributed by atoms with Gasteiger partial charge in [-0.25, -0.2) is 23.2 Å². The molecule has 0 radical (unpaired) electrons. The molecule has 1 aromatic heterocycles. The molecule has 1 amide bonds. The van der Waals surface area contributed by atoms with Gasteiger partial charge in [0.25, 0.3) is 5.91 Å². The van der Waals surface area contributed by atoms with Crippen molar-refractivity contribution < 1.29 is 13.2 Å². The molecular weight excluding hydrogens is 416 g/mol. The Bertz CT molecular complexity index is 1200. The van der Waals surface area contributed by atoms with E-state index in [4.69, 9.17) is 10.4 Å². The minimum absolute atomic E-state index is 0.0150. The molecule has 0 spiro atoms. The maximum Gasteiger partial charge on any atom is 0.293 e. The fraction of sp³-hybridized carbons (Fsp3) is 0.238. The smallest absolute Gasteiger partial charge is 0.293 e. The lowest BCUT2D eigenvalue weighted by atomic mass is 10.1. The van der Waals surface area contributed by atoms with Gasteiger partial charge in [-0.1, -0.05) is 30.3 Å². The van der Waals surface area contributed by atoms with Gasteiger partial charge < -0.3 is 4.90 Å². The van der Waals surface area contributed by atoms with Crippen molar-refractivity contribution in [2.24, 2.45) is 5.14 Å².